The van der Waals surface area contributed by atoms with Gasteiger partial charge in [-0.1, -0.05) is 5.16 Å². The van der Waals surface area contributed by atoms with Gasteiger partial charge >= 0.3 is 0 Å². The second-order valence-corrected chi connectivity index (χ2v) is 5.74. The number of ether oxygens (including phenoxy) is 2. The van der Waals surface area contributed by atoms with Gasteiger partial charge in [0.2, 0.25) is 11.7 Å². The molecule has 25 heavy (non-hydrogen) atoms. The first-order valence-electron chi connectivity index (χ1n) is 7.85. The number of aromatic nitrogens is 1. The molecule has 1 aliphatic rings. The first-order valence-corrected chi connectivity index (χ1v) is 7.85. The number of rotatable bonds is 7. The molecule has 0 spiro atoms. The summed E-state index contributed by atoms with van der Waals surface area (Å²) in [5.41, 5.74) is 1.73. The van der Waals surface area contributed by atoms with E-state index in [0.29, 0.717) is 23.0 Å². The van der Waals surface area contributed by atoms with Crippen molar-refractivity contribution in [3.05, 3.63) is 35.7 Å². The largest absolute Gasteiger partial charge is 0.495 e. The lowest BCUT2D eigenvalue weighted by Gasteiger charge is -2.12. The van der Waals surface area contributed by atoms with Crippen molar-refractivity contribution in [1.82, 2.24) is 5.16 Å². The van der Waals surface area contributed by atoms with Crippen LogP contribution in [0.5, 0.6) is 5.75 Å². The van der Waals surface area contributed by atoms with Crippen LogP contribution < -0.4 is 15.4 Å². The van der Waals surface area contributed by atoms with E-state index in [1.807, 2.05) is 0 Å². The standard InChI is InChI=1S/C17H19N3O5/c1-23-9-16(21)19-13-7-11(5-6-14(13)24-2)18-17(22)15-8-12(20-25-15)10-3-4-10/h5-8,10H,3-4,9H2,1-2H3,(H,18,22)(H,19,21). The minimum absolute atomic E-state index is 0.0816. The molecule has 0 unspecified atom stereocenters. The molecule has 8 nitrogen and oxygen atoms in total. The van der Waals surface area contributed by atoms with Crippen LogP contribution in [0, 0.1) is 0 Å². The average Bonchev–Trinajstić information content (AvgIpc) is 3.32. The molecule has 0 radical (unpaired) electrons. The molecule has 1 saturated carbocycles. The van der Waals surface area contributed by atoms with Gasteiger partial charge in [-0.05, 0) is 31.0 Å². The third kappa shape index (κ3) is 4.16. The number of carbonyl (C=O) groups is 2. The number of nitrogens with one attached hydrogen (secondary N) is 2. The molecule has 0 saturated heterocycles. The normalized spacial score (nSPS) is 13.4. The van der Waals surface area contributed by atoms with Crippen LogP contribution in [0.25, 0.3) is 0 Å². The summed E-state index contributed by atoms with van der Waals surface area (Å²) in [6.45, 7) is -0.0816. The quantitative estimate of drug-likeness (QED) is 0.799. The van der Waals surface area contributed by atoms with Crippen molar-refractivity contribution in [2.45, 2.75) is 18.8 Å². The summed E-state index contributed by atoms with van der Waals surface area (Å²) in [7, 11) is 2.92. The Labute approximate surface area is 144 Å². The fourth-order valence-electron chi connectivity index (χ4n) is 2.36. The molecule has 2 amide bonds. The Morgan fingerprint density at radius 1 is 1.24 bits per heavy atom. The van der Waals surface area contributed by atoms with Crippen molar-refractivity contribution in [1.29, 1.82) is 0 Å². The average molecular weight is 345 g/mol. The van der Waals surface area contributed by atoms with Crippen LogP contribution in [0.3, 0.4) is 0 Å². The van der Waals surface area contributed by atoms with Crippen LogP contribution in [-0.2, 0) is 9.53 Å². The lowest BCUT2D eigenvalue weighted by Crippen LogP contribution is -2.18. The van der Waals surface area contributed by atoms with Crippen molar-refractivity contribution < 1.29 is 23.6 Å². The molecule has 1 aromatic carbocycles. The van der Waals surface area contributed by atoms with Gasteiger partial charge in [0.05, 0.1) is 18.5 Å². The molecular formula is C17H19N3O5. The van der Waals surface area contributed by atoms with Crippen molar-refractivity contribution in [2.24, 2.45) is 0 Å². The number of anilines is 2. The topological polar surface area (TPSA) is 103 Å². The van der Waals surface area contributed by atoms with E-state index in [2.05, 4.69) is 15.8 Å². The third-order valence-electron chi connectivity index (χ3n) is 3.75. The summed E-state index contributed by atoms with van der Waals surface area (Å²) in [4.78, 5) is 24.0. The number of amides is 2. The monoisotopic (exact) mass is 345 g/mol. The Morgan fingerprint density at radius 2 is 2.04 bits per heavy atom. The van der Waals surface area contributed by atoms with E-state index in [1.54, 1.807) is 24.3 Å². The summed E-state index contributed by atoms with van der Waals surface area (Å²) in [6, 6.07) is 6.58. The Morgan fingerprint density at radius 3 is 2.72 bits per heavy atom. The lowest BCUT2D eigenvalue weighted by atomic mass is 10.2. The smallest absolute Gasteiger partial charge is 0.294 e. The van der Waals surface area contributed by atoms with Crippen molar-refractivity contribution in [3.8, 4) is 5.75 Å². The number of hydrogen-bond donors (Lipinski definition) is 2. The predicted octanol–water partition coefficient (Wildman–Crippen LogP) is 2.40. The van der Waals surface area contributed by atoms with Crippen molar-refractivity contribution in [3.63, 3.8) is 0 Å². The van der Waals surface area contributed by atoms with Gasteiger partial charge in [-0.25, -0.2) is 0 Å². The maximum Gasteiger partial charge on any atom is 0.294 e. The van der Waals surface area contributed by atoms with Gasteiger partial charge in [-0.2, -0.15) is 0 Å². The summed E-state index contributed by atoms with van der Waals surface area (Å²) >= 11 is 0. The lowest BCUT2D eigenvalue weighted by molar-refractivity contribution is -0.119. The van der Waals surface area contributed by atoms with E-state index in [9.17, 15) is 9.59 Å². The van der Waals surface area contributed by atoms with Gasteiger partial charge in [0.25, 0.3) is 5.91 Å². The van der Waals surface area contributed by atoms with E-state index in [1.165, 1.54) is 14.2 Å². The van der Waals surface area contributed by atoms with E-state index in [4.69, 9.17) is 14.0 Å². The fraction of sp³-hybridized carbons (Fsp3) is 0.353. The minimum atomic E-state index is -0.404. The van der Waals surface area contributed by atoms with E-state index >= 15 is 0 Å². The maximum atomic E-state index is 12.3. The van der Waals surface area contributed by atoms with Gasteiger partial charge in [0.1, 0.15) is 12.4 Å². The van der Waals surface area contributed by atoms with Crippen LogP contribution >= 0.6 is 0 Å². The predicted molar refractivity (Wildman–Crippen MR) is 89.9 cm³/mol. The molecule has 2 N–H and O–H groups in total. The zero-order chi connectivity index (χ0) is 17.8. The molecule has 1 fully saturated rings. The Hall–Kier alpha value is -2.87. The molecule has 0 bridgehead atoms. The molecule has 2 aromatic rings. The van der Waals surface area contributed by atoms with Gasteiger partial charge in [0.15, 0.2) is 0 Å². The summed E-state index contributed by atoms with van der Waals surface area (Å²) in [5.74, 6) is 0.307. The molecule has 0 aliphatic heterocycles. The molecule has 1 aliphatic carbocycles. The number of methoxy groups -OCH3 is 2. The number of nitrogens with zero attached hydrogens (tertiary/aromatic N) is 1. The maximum absolute atomic E-state index is 12.3. The first kappa shape index (κ1) is 17.0. The second-order valence-electron chi connectivity index (χ2n) is 5.74. The zero-order valence-corrected chi connectivity index (χ0v) is 14.0. The molecule has 1 heterocycles. The van der Waals surface area contributed by atoms with E-state index in [-0.39, 0.29) is 18.3 Å². The SMILES string of the molecule is COCC(=O)Nc1cc(NC(=O)c2cc(C3CC3)no2)ccc1OC. The van der Waals surface area contributed by atoms with E-state index < -0.39 is 5.91 Å². The first-order chi connectivity index (χ1) is 12.1. The van der Waals surface area contributed by atoms with Crippen molar-refractivity contribution in [2.75, 3.05) is 31.5 Å². The second kappa shape index (κ2) is 7.35. The summed E-state index contributed by atoms with van der Waals surface area (Å²) in [5, 5.41) is 9.30. The molecule has 132 valence electrons. The Kier molecular flexibility index (Phi) is 4.99. The number of hydrogen-bond acceptors (Lipinski definition) is 6. The van der Waals surface area contributed by atoms with Gasteiger partial charge in [0, 0.05) is 24.8 Å². The fourth-order valence-corrected chi connectivity index (χ4v) is 2.36. The third-order valence-corrected chi connectivity index (χ3v) is 3.75. The van der Waals surface area contributed by atoms with Gasteiger partial charge in [-0.15, -0.1) is 0 Å². The zero-order valence-electron chi connectivity index (χ0n) is 14.0. The Bertz CT molecular complexity index is 782. The van der Waals surface area contributed by atoms with Gasteiger partial charge < -0.3 is 24.6 Å². The molecule has 0 atom stereocenters. The van der Waals surface area contributed by atoms with Crippen LogP contribution in [0.15, 0.2) is 28.8 Å². The highest BCUT2D eigenvalue weighted by atomic mass is 16.5. The minimum Gasteiger partial charge on any atom is -0.495 e. The molecular weight excluding hydrogens is 326 g/mol. The van der Waals surface area contributed by atoms with Crippen LogP contribution in [0.1, 0.15) is 35.0 Å². The van der Waals surface area contributed by atoms with E-state index in [0.717, 1.165) is 18.5 Å². The molecule has 1 aromatic heterocycles. The molecule has 3 rings (SSSR count). The van der Waals surface area contributed by atoms with Gasteiger partial charge in [-0.3, -0.25) is 9.59 Å². The highest BCUT2D eigenvalue weighted by Gasteiger charge is 2.28. The number of benzene rings is 1. The highest BCUT2D eigenvalue weighted by molar-refractivity contribution is 6.03. The van der Waals surface area contributed by atoms with Crippen molar-refractivity contribution >= 4 is 23.2 Å². The van der Waals surface area contributed by atoms with Crippen LogP contribution in [0.4, 0.5) is 11.4 Å². The highest BCUT2D eigenvalue weighted by Crippen LogP contribution is 2.39. The van der Waals surface area contributed by atoms with Crippen LogP contribution in [-0.4, -0.2) is 37.8 Å². The molecule has 8 heteroatoms. The summed E-state index contributed by atoms with van der Waals surface area (Å²) < 4.78 is 15.1. The summed E-state index contributed by atoms with van der Waals surface area (Å²) in [6.07, 6.45) is 2.16. The number of carbonyl (C=O) groups excluding carboxylic acids is 2. The van der Waals surface area contributed by atoms with Crippen LogP contribution in [0.2, 0.25) is 0 Å². The Balaban J connectivity index is 1.72.